The first-order valence-electron chi connectivity index (χ1n) is 7.64. The fourth-order valence-corrected chi connectivity index (χ4v) is 4.64. The minimum Gasteiger partial charge on any atom is -0.495 e. The van der Waals surface area contributed by atoms with Crippen LogP contribution >= 0.6 is 22.9 Å². The van der Waals surface area contributed by atoms with Crippen molar-refractivity contribution in [2.24, 2.45) is 0 Å². The molecule has 0 spiro atoms. The topological polar surface area (TPSA) is 94.6 Å². The van der Waals surface area contributed by atoms with Crippen LogP contribution in [-0.4, -0.2) is 39.3 Å². The normalized spacial score (nSPS) is 11.4. The van der Waals surface area contributed by atoms with E-state index in [9.17, 15) is 13.2 Å². The van der Waals surface area contributed by atoms with Crippen LogP contribution in [-0.2, 0) is 14.6 Å². The van der Waals surface area contributed by atoms with Crippen LogP contribution in [0.5, 0.6) is 11.5 Å². The van der Waals surface area contributed by atoms with Crippen molar-refractivity contribution in [3.8, 4) is 11.5 Å². The molecule has 0 bridgehead atoms. The van der Waals surface area contributed by atoms with E-state index in [1.54, 1.807) is 12.1 Å². The Morgan fingerprint density at radius 2 is 1.74 bits per heavy atom. The van der Waals surface area contributed by atoms with Gasteiger partial charge in [0, 0.05) is 5.02 Å². The van der Waals surface area contributed by atoms with Gasteiger partial charge in [-0.05, 0) is 36.4 Å². The molecule has 0 atom stereocenters. The molecule has 0 saturated heterocycles. The van der Waals surface area contributed by atoms with Crippen LogP contribution in [0.4, 0.5) is 5.13 Å². The number of rotatable bonds is 6. The Morgan fingerprint density at radius 1 is 1.11 bits per heavy atom. The van der Waals surface area contributed by atoms with E-state index in [-0.39, 0.29) is 10.0 Å². The smallest absolute Gasteiger partial charge is 0.241 e. The van der Waals surface area contributed by atoms with Crippen LogP contribution in [0.1, 0.15) is 0 Å². The highest BCUT2D eigenvalue weighted by Crippen LogP contribution is 2.38. The van der Waals surface area contributed by atoms with Crippen molar-refractivity contribution in [2.75, 3.05) is 25.3 Å². The molecule has 1 heterocycles. The lowest BCUT2D eigenvalue weighted by Crippen LogP contribution is -2.22. The van der Waals surface area contributed by atoms with E-state index in [0.717, 1.165) is 0 Å². The Hall–Kier alpha value is -2.36. The van der Waals surface area contributed by atoms with Gasteiger partial charge >= 0.3 is 0 Å². The third kappa shape index (κ3) is 4.15. The molecule has 27 heavy (non-hydrogen) atoms. The third-order valence-corrected chi connectivity index (χ3v) is 6.52. The summed E-state index contributed by atoms with van der Waals surface area (Å²) >= 11 is 6.93. The number of hydrogen-bond acceptors (Lipinski definition) is 7. The molecule has 7 nitrogen and oxygen atoms in total. The summed E-state index contributed by atoms with van der Waals surface area (Å²) in [5.74, 6) is -0.297. The van der Waals surface area contributed by atoms with E-state index in [1.165, 1.54) is 49.8 Å². The van der Waals surface area contributed by atoms with Gasteiger partial charge < -0.3 is 14.8 Å². The number of nitrogens with one attached hydrogen (secondary N) is 1. The second-order valence-electron chi connectivity index (χ2n) is 5.43. The average molecular weight is 427 g/mol. The van der Waals surface area contributed by atoms with E-state index in [1.807, 2.05) is 0 Å². The molecule has 1 aromatic heterocycles. The number of nitrogens with zero attached hydrogens (tertiary/aromatic N) is 1. The highest BCUT2D eigenvalue weighted by atomic mass is 35.5. The number of methoxy groups -OCH3 is 2. The molecule has 0 fully saturated rings. The zero-order valence-electron chi connectivity index (χ0n) is 14.4. The maximum atomic E-state index is 12.4. The number of aromatic nitrogens is 1. The number of sulfone groups is 1. The number of amides is 1. The largest absolute Gasteiger partial charge is 0.495 e. The van der Waals surface area contributed by atoms with Gasteiger partial charge in [0.1, 0.15) is 27.5 Å². The average Bonchev–Trinajstić information content (AvgIpc) is 3.04. The van der Waals surface area contributed by atoms with Crippen molar-refractivity contribution < 1.29 is 22.7 Å². The fourth-order valence-electron chi connectivity index (χ4n) is 2.39. The number of carbonyl (C=O) groups excluding carboxylic acids is 1. The molecule has 142 valence electrons. The SMILES string of the molecule is COc1ccc(OC)c2sc(NC(=O)CS(=O)(=O)c3ccc(Cl)cc3)nc12. The first-order chi connectivity index (χ1) is 12.8. The predicted octanol–water partition coefficient (Wildman–Crippen LogP) is 3.38. The Bertz CT molecular complexity index is 1050. The molecule has 10 heteroatoms. The van der Waals surface area contributed by atoms with Gasteiger partial charge in [0.25, 0.3) is 0 Å². The standard InChI is InChI=1S/C17H15ClN2O5S2/c1-24-12-7-8-13(25-2)16-15(12)20-17(26-16)19-14(21)9-27(22,23)11-5-3-10(18)4-6-11/h3-8H,9H2,1-2H3,(H,19,20,21). The summed E-state index contributed by atoms with van der Waals surface area (Å²) in [6, 6.07) is 9.07. The minimum absolute atomic E-state index is 0.0229. The molecule has 0 unspecified atom stereocenters. The first-order valence-corrected chi connectivity index (χ1v) is 10.5. The summed E-state index contributed by atoms with van der Waals surface area (Å²) in [6.07, 6.45) is 0. The zero-order chi connectivity index (χ0) is 19.6. The van der Waals surface area contributed by atoms with E-state index in [2.05, 4.69) is 10.3 Å². The zero-order valence-corrected chi connectivity index (χ0v) is 16.7. The Kier molecular flexibility index (Phi) is 5.54. The summed E-state index contributed by atoms with van der Waals surface area (Å²) < 4.78 is 36.0. The van der Waals surface area contributed by atoms with Crippen molar-refractivity contribution in [1.82, 2.24) is 4.98 Å². The fraction of sp³-hybridized carbons (Fsp3) is 0.176. The maximum Gasteiger partial charge on any atom is 0.241 e. The second kappa shape index (κ2) is 7.71. The molecule has 0 radical (unpaired) electrons. The predicted molar refractivity (Wildman–Crippen MR) is 105 cm³/mol. The van der Waals surface area contributed by atoms with Crippen molar-refractivity contribution in [3.63, 3.8) is 0 Å². The van der Waals surface area contributed by atoms with E-state index < -0.39 is 21.5 Å². The van der Waals surface area contributed by atoms with Crippen LogP contribution in [0.3, 0.4) is 0 Å². The number of halogens is 1. The van der Waals surface area contributed by atoms with Gasteiger partial charge in [-0.25, -0.2) is 13.4 Å². The molecule has 3 rings (SSSR count). The summed E-state index contributed by atoms with van der Waals surface area (Å²) in [4.78, 5) is 16.6. The molecule has 1 N–H and O–H groups in total. The lowest BCUT2D eigenvalue weighted by molar-refractivity contribution is -0.113. The molecule has 0 saturated carbocycles. The van der Waals surface area contributed by atoms with Gasteiger partial charge in [-0.1, -0.05) is 22.9 Å². The molecule has 0 aliphatic heterocycles. The number of hydrogen-bond donors (Lipinski definition) is 1. The number of fused-ring (bicyclic) bond motifs is 1. The van der Waals surface area contributed by atoms with E-state index >= 15 is 0 Å². The monoisotopic (exact) mass is 426 g/mol. The molecule has 0 aliphatic carbocycles. The van der Waals surface area contributed by atoms with Crippen molar-refractivity contribution in [1.29, 1.82) is 0 Å². The number of anilines is 1. The molecule has 3 aromatic rings. The van der Waals surface area contributed by atoms with Gasteiger partial charge in [-0.3, -0.25) is 4.79 Å². The van der Waals surface area contributed by atoms with Gasteiger partial charge in [-0.2, -0.15) is 0 Å². The van der Waals surface area contributed by atoms with Gasteiger partial charge in [-0.15, -0.1) is 0 Å². The summed E-state index contributed by atoms with van der Waals surface area (Å²) in [5, 5.41) is 3.19. The second-order valence-corrected chi connectivity index (χ2v) is 8.85. The lowest BCUT2D eigenvalue weighted by atomic mass is 10.3. The first kappa shape index (κ1) is 19.4. The van der Waals surface area contributed by atoms with Gasteiger partial charge in [0.2, 0.25) is 5.91 Å². The minimum atomic E-state index is -3.80. The molecular formula is C17H15ClN2O5S2. The highest BCUT2D eigenvalue weighted by Gasteiger charge is 2.21. The van der Waals surface area contributed by atoms with Crippen molar-refractivity contribution in [2.45, 2.75) is 4.90 Å². The third-order valence-electron chi connectivity index (χ3n) is 3.65. The van der Waals surface area contributed by atoms with Crippen LogP contribution in [0.15, 0.2) is 41.3 Å². The van der Waals surface area contributed by atoms with Gasteiger partial charge in [0.05, 0.1) is 19.1 Å². The van der Waals surface area contributed by atoms with Crippen molar-refractivity contribution in [3.05, 3.63) is 41.4 Å². The van der Waals surface area contributed by atoms with Crippen LogP contribution < -0.4 is 14.8 Å². The quantitative estimate of drug-likeness (QED) is 0.649. The number of carbonyl (C=O) groups is 1. The van der Waals surface area contributed by atoms with E-state index in [4.69, 9.17) is 21.1 Å². The number of ether oxygens (including phenoxy) is 2. The lowest BCUT2D eigenvalue weighted by Gasteiger charge is -2.04. The summed E-state index contributed by atoms with van der Waals surface area (Å²) in [5.41, 5.74) is 0.526. The Morgan fingerprint density at radius 3 is 2.37 bits per heavy atom. The van der Waals surface area contributed by atoms with E-state index in [0.29, 0.717) is 26.7 Å². The molecule has 0 aliphatic rings. The number of benzene rings is 2. The van der Waals surface area contributed by atoms with Crippen LogP contribution in [0.2, 0.25) is 5.02 Å². The Balaban J connectivity index is 1.82. The van der Waals surface area contributed by atoms with Crippen molar-refractivity contribution >= 4 is 54.0 Å². The number of thiazole rings is 1. The van der Waals surface area contributed by atoms with Gasteiger partial charge in [0.15, 0.2) is 15.0 Å². The summed E-state index contributed by atoms with van der Waals surface area (Å²) in [7, 11) is -0.758. The summed E-state index contributed by atoms with van der Waals surface area (Å²) in [6.45, 7) is 0. The molecule has 2 aromatic carbocycles. The highest BCUT2D eigenvalue weighted by molar-refractivity contribution is 7.92. The Labute approximate surface area is 164 Å². The van der Waals surface area contributed by atoms with Crippen LogP contribution in [0, 0.1) is 0 Å². The molecule has 1 amide bonds. The van der Waals surface area contributed by atoms with Crippen LogP contribution in [0.25, 0.3) is 10.2 Å². The maximum absolute atomic E-state index is 12.4. The molecular weight excluding hydrogens is 412 g/mol.